The molecular formula is C13H5Br2F3N2O. The van der Waals surface area contributed by atoms with Crippen molar-refractivity contribution in [2.75, 3.05) is 0 Å². The molecule has 3 nitrogen and oxygen atoms in total. The van der Waals surface area contributed by atoms with E-state index in [0.717, 1.165) is 12.1 Å². The van der Waals surface area contributed by atoms with E-state index in [0.29, 0.717) is 8.95 Å². The van der Waals surface area contributed by atoms with Crippen LogP contribution in [0.3, 0.4) is 0 Å². The minimum absolute atomic E-state index is 0.00610. The van der Waals surface area contributed by atoms with Crippen LogP contribution in [0, 0.1) is 11.3 Å². The highest BCUT2D eigenvalue weighted by Gasteiger charge is 2.35. The number of ether oxygens (including phenoxy) is 1. The second-order valence-corrected chi connectivity index (χ2v) is 5.63. The van der Waals surface area contributed by atoms with Crippen molar-refractivity contribution in [1.29, 1.82) is 5.26 Å². The van der Waals surface area contributed by atoms with Gasteiger partial charge < -0.3 is 4.74 Å². The molecule has 108 valence electrons. The van der Waals surface area contributed by atoms with Gasteiger partial charge in [-0.15, -0.1) is 0 Å². The van der Waals surface area contributed by atoms with Crippen LogP contribution in [-0.4, -0.2) is 4.98 Å². The second-order valence-electron chi connectivity index (χ2n) is 3.86. The SMILES string of the molecule is N#Cc1ccc(Oc2ncc(Br)cc2Br)c(C(F)(F)F)c1. The number of nitriles is 1. The number of nitrogens with zero attached hydrogens (tertiary/aromatic N) is 2. The maximum atomic E-state index is 13.0. The van der Waals surface area contributed by atoms with Gasteiger partial charge in [-0.25, -0.2) is 4.98 Å². The third kappa shape index (κ3) is 3.74. The number of alkyl halides is 3. The van der Waals surface area contributed by atoms with Gasteiger partial charge in [-0.3, -0.25) is 0 Å². The Morgan fingerprint density at radius 1 is 1.19 bits per heavy atom. The van der Waals surface area contributed by atoms with E-state index < -0.39 is 17.5 Å². The summed E-state index contributed by atoms with van der Waals surface area (Å²) < 4.78 is 45.3. The van der Waals surface area contributed by atoms with E-state index in [-0.39, 0.29) is 11.4 Å². The number of hydrogen-bond donors (Lipinski definition) is 0. The Morgan fingerprint density at radius 2 is 1.90 bits per heavy atom. The van der Waals surface area contributed by atoms with Gasteiger partial charge in [0.1, 0.15) is 5.75 Å². The molecule has 0 fully saturated rings. The number of pyridine rings is 1. The Hall–Kier alpha value is -1.59. The van der Waals surface area contributed by atoms with Crippen LogP contribution in [0.5, 0.6) is 11.6 Å². The zero-order valence-corrected chi connectivity index (χ0v) is 13.3. The molecular weight excluding hydrogens is 417 g/mol. The summed E-state index contributed by atoms with van der Waals surface area (Å²) in [5.41, 5.74) is -1.13. The average Bonchev–Trinajstić information content (AvgIpc) is 2.41. The average molecular weight is 422 g/mol. The van der Waals surface area contributed by atoms with Gasteiger partial charge in [0.25, 0.3) is 0 Å². The Kier molecular flexibility index (Phi) is 4.54. The zero-order chi connectivity index (χ0) is 15.6. The van der Waals surface area contributed by atoms with Crippen LogP contribution >= 0.6 is 31.9 Å². The van der Waals surface area contributed by atoms with Gasteiger partial charge in [-0.1, -0.05) is 0 Å². The highest BCUT2D eigenvalue weighted by molar-refractivity contribution is 9.11. The molecule has 8 heteroatoms. The van der Waals surface area contributed by atoms with Crippen LogP contribution < -0.4 is 4.74 Å². The lowest BCUT2D eigenvalue weighted by atomic mass is 10.1. The van der Waals surface area contributed by atoms with E-state index in [1.807, 2.05) is 0 Å². The molecule has 0 aliphatic carbocycles. The molecule has 0 saturated carbocycles. The topological polar surface area (TPSA) is 45.9 Å². The van der Waals surface area contributed by atoms with Crippen molar-refractivity contribution in [3.05, 3.63) is 50.5 Å². The van der Waals surface area contributed by atoms with Gasteiger partial charge in [-0.2, -0.15) is 18.4 Å². The molecule has 21 heavy (non-hydrogen) atoms. The van der Waals surface area contributed by atoms with Crippen molar-refractivity contribution in [3.63, 3.8) is 0 Å². The fraction of sp³-hybridized carbons (Fsp3) is 0.0769. The predicted octanol–water partition coefficient (Wildman–Crippen LogP) is 5.29. The number of halogens is 5. The maximum absolute atomic E-state index is 13.0. The van der Waals surface area contributed by atoms with Crippen LogP contribution in [0.2, 0.25) is 0 Å². The normalized spacial score (nSPS) is 11.0. The smallest absolute Gasteiger partial charge is 0.420 e. The summed E-state index contributed by atoms with van der Waals surface area (Å²) in [6, 6.07) is 6.34. The van der Waals surface area contributed by atoms with E-state index in [1.165, 1.54) is 12.3 Å². The predicted molar refractivity (Wildman–Crippen MR) is 75.9 cm³/mol. The zero-order valence-electron chi connectivity index (χ0n) is 10.1. The molecule has 1 heterocycles. The molecule has 0 amide bonds. The minimum atomic E-state index is -4.63. The third-order valence-corrected chi connectivity index (χ3v) is 3.40. The van der Waals surface area contributed by atoms with E-state index in [9.17, 15) is 13.2 Å². The number of hydrogen-bond acceptors (Lipinski definition) is 3. The first-order chi connectivity index (χ1) is 9.81. The van der Waals surface area contributed by atoms with Crippen molar-refractivity contribution in [1.82, 2.24) is 4.98 Å². The molecule has 0 bridgehead atoms. The van der Waals surface area contributed by atoms with E-state index in [1.54, 1.807) is 12.1 Å². The summed E-state index contributed by atoms with van der Waals surface area (Å²) in [7, 11) is 0. The Bertz CT molecular complexity index is 726. The third-order valence-electron chi connectivity index (χ3n) is 2.39. The Labute approximate surface area is 134 Å². The molecule has 0 aliphatic rings. The van der Waals surface area contributed by atoms with Crippen LogP contribution in [0.15, 0.2) is 39.4 Å². The fourth-order valence-corrected chi connectivity index (χ4v) is 2.56. The van der Waals surface area contributed by atoms with E-state index in [4.69, 9.17) is 10.00 Å². The number of aromatic nitrogens is 1. The molecule has 2 rings (SSSR count). The lowest BCUT2D eigenvalue weighted by Gasteiger charge is -2.14. The highest BCUT2D eigenvalue weighted by atomic mass is 79.9. The second kappa shape index (κ2) is 6.03. The van der Waals surface area contributed by atoms with Crippen LogP contribution in [0.4, 0.5) is 13.2 Å². The van der Waals surface area contributed by atoms with Crippen molar-refractivity contribution in [2.24, 2.45) is 0 Å². The summed E-state index contributed by atoms with van der Waals surface area (Å²) in [6.45, 7) is 0. The quantitative estimate of drug-likeness (QED) is 0.661. The van der Waals surface area contributed by atoms with Gasteiger partial charge >= 0.3 is 6.18 Å². The molecule has 0 unspecified atom stereocenters. The van der Waals surface area contributed by atoms with Crippen molar-refractivity contribution >= 4 is 31.9 Å². The summed E-state index contributed by atoms with van der Waals surface area (Å²) in [4.78, 5) is 3.89. The summed E-state index contributed by atoms with van der Waals surface area (Å²) >= 11 is 6.34. The van der Waals surface area contributed by atoms with Gasteiger partial charge in [0.2, 0.25) is 5.88 Å². The fourth-order valence-electron chi connectivity index (χ4n) is 1.49. The van der Waals surface area contributed by atoms with E-state index >= 15 is 0 Å². The van der Waals surface area contributed by atoms with Crippen LogP contribution in [0.1, 0.15) is 11.1 Å². The lowest BCUT2D eigenvalue weighted by molar-refractivity contribution is -0.138. The Morgan fingerprint density at radius 3 is 2.48 bits per heavy atom. The largest absolute Gasteiger partial charge is 0.437 e. The van der Waals surface area contributed by atoms with E-state index in [2.05, 4.69) is 36.8 Å². The summed E-state index contributed by atoms with van der Waals surface area (Å²) in [5.74, 6) is -0.426. The number of rotatable bonds is 2. The molecule has 0 N–H and O–H groups in total. The molecule has 2 aromatic rings. The first kappa shape index (κ1) is 15.8. The molecule has 1 aromatic carbocycles. The molecule has 0 saturated heterocycles. The standard InChI is InChI=1S/C13H5Br2F3N2O/c14-8-4-10(15)12(20-6-8)21-11-2-1-7(5-19)3-9(11)13(16,17)18/h1-4,6H. The molecule has 0 aliphatic heterocycles. The molecule has 1 aromatic heterocycles. The first-order valence-corrected chi connectivity index (χ1v) is 7.00. The van der Waals surface area contributed by atoms with Gasteiger partial charge in [0.05, 0.1) is 21.7 Å². The summed E-state index contributed by atoms with van der Waals surface area (Å²) in [6.07, 6.45) is -3.24. The lowest BCUT2D eigenvalue weighted by Crippen LogP contribution is -2.08. The molecule has 0 radical (unpaired) electrons. The monoisotopic (exact) mass is 420 g/mol. The molecule has 0 spiro atoms. The maximum Gasteiger partial charge on any atom is 0.420 e. The molecule has 0 atom stereocenters. The van der Waals surface area contributed by atoms with Gasteiger partial charge in [0.15, 0.2) is 0 Å². The van der Waals surface area contributed by atoms with Gasteiger partial charge in [-0.05, 0) is 56.1 Å². The van der Waals surface area contributed by atoms with Crippen molar-refractivity contribution < 1.29 is 17.9 Å². The van der Waals surface area contributed by atoms with Crippen LogP contribution in [-0.2, 0) is 6.18 Å². The van der Waals surface area contributed by atoms with Crippen LogP contribution in [0.25, 0.3) is 0 Å². The first-order valence-electron chi connectivity index (χ1n) is 5.41. The Balaban J connectivity index is 2.47. The highest BCUT2D eigenvalue weighted by Crippen LogP contribution is 2.39. The minimum Gasteiger partial charge on any atom is -0.437 e. The van der Waals surface area contributed by atoms with Crippen molar-refractivity contribution in [3.8, 4) is 17.7 Å². The summed E-state index contributed by atoms with van der Waals surface area (Å²) in [5, 5.41) is 8.70. The van der Waals surface area contributed by atoms with Gasteiger partial charge in [0, 0.05) is 10.7 Å². The van der Waals surface area contributed by atoms with Crippen molar-refractivity contribution in [2.45, 2.75) is 6.18 Å². The number of benzene rings is 1.